The third kappa shape index (κ3) is 2.87. The van der Waals surface area contributed by atoms with Crippen LogP contribution in [0.3, 0.4) is 0 Å². The number of benzene rings is 1. The number of carboxylic acid groups (broad SMARTS) is 1. The number of carbonyl (C=O) groups is 2. The van der Waals surface area contributed by atoms with E-state index < -0.39 is 12.1 Å². The van der Waals surface area contributed by atoms with Crippen molar-refractivity contribution in [3.63, 3.8) is 0 Å². The number of para-hydroxylation sites is 1. The lowest BCUT2D eigenvalue weighted by Gasteiger charge is -2.10. The number of fused-ring (bicyclic) bond motifs is 1. The van der Waals surface area contributed by atoms with Crippen LogP contribution in [0.15, 0.2) is 29.6 Å². The number of rotatable bonds is 4. The molecule has 1 aromatic carbocycles. The Hall–Kier alpha value is -2.41. The third-order valence-electron chi connectivity index (χ3n) is 3.12. The quantitative estimate of drug-likeness (QED) is 0.892. The Balaban J connectivity index is 1.57. The van der Waals surface area contributed by atoms with Crippen LogP contribution in [0.1, 0.15) is 21.1 Å². The Morgan fingerprint density at radius 3 is 2.95 bits per heavy atom. The normalized spacial score (nSPS) is 16.1. The number of ether oxygens (including phenoxy) is 1. The van der Waals surface area contributed by atoms with Crippen molar-refractivity contribution in [3.8, 4) is 5.75 Å². The maximum atomic E-state index is 12.1. The molecule has 1 aliphatic heterocycles. The van der Waals surface area contributed by atoms with Crippen LogP contribution >= 0.6 is 11.3 Å². The summed E-state index contributed by atoms with van der Waals surface area (Å²) in [4.78, 5) is 26.7. The zero-order valence-electron chi connectivity index (χ0n) is 10.9. The second kappa shape index (κ2) is 5.53. The van der Waals surface area contributed by atoms with Gasteiger partial charge in [-0.25, -0.2) is 9.78 Å². The number of aromatic nitrogens is 1. The molecule has 0 spiro atoms. The molecule has 0 unspecified atom stereocenters. The maximum Gasteiger partial charge on any atom is 0.355 e. The molecule has 0 saturated heterocycles. The predicted molar refractivity (Wildman–Crippen MR) is 75.5 cm³/mol. The number of carbonyl (C=O) groups excluding carboxylic acids is 1. The van der Waals surface area contributed by atoms with Crippen LogP contribution in [0.2, 0.25) is 0 Å². The van der Waals surface area contributed by atoms with Gasteiger partial charge in [0.1, 0.15) is 10.8 Å². The van der Waals surface area contributed by atoms with Crippen LogP contribution in [-0.4, -0.2) is 28.1 Å². The molecule has 7 heteroatoms. The van der Waals surface area contributed by atoms with E-state index in [-0.39, 0.29) is 18.1 Å². The lowest BCUT2D eigenvalue weighted by molar-refractivity contribution is -0.127. The highest BCUT2D eigenvalue weighted by Gasteiger charge is 2.28. The van der Waals surface area contributed by atoms with Gasteiger partial charge in [-0.15, -0.1) is 11.3 Å². The number of hydrogen-bond donors (Lipinski definition) is 2. The first kappa shape index (κ1) is 13.6. The number of amides is 1. The van der Waals surface area contributed by atoms with E-state index in [2.05, 4.69) is 10.3 Å². The molecular formula is C14H12N2O4S. The molecule has 0 aliphatic carbocycles. The van der Waals surface area contributed by atoms with E-state index in [1.807, 2.05) is 24.3 Å². The van der Waals surface area contributed by atoms with Crippen molar-refractivity contribution in [3.05, 3.63) is 45.9 Å². The molecule has 0 saturated carbocycles. The zero-order chi connectivity index (χ0) is 14.8. The monoisotopic (exact) mass is 304 g/mol. The molecule has 108 valence electrons. The van der Waals surface area contributed by atoms with Crippen LogP contribution in [0, 0.1) is 0 Å². The highest BCUT2D eigenvalue weighted by molar-refractivity contribution is 7.09. The van der Waals surface area contributed by atoms with Gasteiger partial charge in [0.25, 0.3) is 5.91 Å². The van der Waals surface area contributed by atoms with Crippen molar-refractivity contribution in [1.29, 1.82) is 0 Å². The number of nitrogens with zero attached hydrogens (tertiary/aromatic N) is 1. The largest absolute Gasteiger partial charge is 0.480 e. The first-order chi connectivity index (χ1) is 10.1. The standard InChI is InChI=1S/C14H12N2O4S/c17-13(11-5-8-3-1-2-4-10(8)20-11)15-6-12-16-9(7-21-12)14(18)19/h1-4,7,11H,5-6H2,(H,15,17)(H,18,19)/t11-/m1/s1. The Bertz CT molecular complexity index is 673. The summed E-state index contributed by atoms with van der Waals surface area (Å²) in [6, 6.07) is 7.54. The van der Waals surface area contributed by atoms with Crippen LogP contribution in [-0.2, 0) is 17.8 Å². The summed E-state index contributed by atoms with van der Waals surface area (Å²) in [7, 11) is 0. The molecule has 2 aromatic rings. The second-order valence-electron chi connectivity index (χ2n) is 4.57. The Morgan fingerprint density at radius 1 is 1.43 bits per heavy atom. The lowest BCUT2D eigenvalue weighted by atomic mass is 10.1. The van der Waals surface area contributed by atoms with E-state index in [1.165, 1.54) is 16.7 Å². The van der Waals surface area contributed by atoms with Gasteiger partial charge in [0.05, 0.1) is 6.54 Å². The van der Waals surface area contributed by atoms with E-state index in [0.29, 0.717) is 11.4 Å². The topological polar surface area (TPSA) is 88.5 Å². The SMILES string of the molecule is O=C(O)c1csc(CNC(=O)[C@H]2Cc3ccccc3O2)n1. The molecule has 1 amide bonds. The van der Waals surface area contributed by atoms with Crippen molar-refractivity contribution in [2.75, 3.05) is 0 Å². The summed E-state index contributed by atoms with van der Waals surface area (Å²) >= 11 is 1.20. The fourth-order valence-electron chi connectivity index (χ4n) is 2.10. The minimum atomic E-state index is -1.07. The van der Waals surface area contributed by atoms with Gasteiger partial charge in [-0.1, -0.05) is 18.2 Å². The van der Waals surface area contributed by atoms with Gasteiger partial charge in [0.2, 0.25) is 0 Å². The summed E-state index contributed by atoms with van der Waals surface area (Å²) in [6.45, 7) is 0.201. The molecule has 0 bridgehead atoms. The zero-order valence-corrected chi connectivity index (χ0v) is 11.7. The summed E-state index contributed by atoms with van der Waals surface area (Å²) in [5.74, 6) is -0.559. The average molecular weight is 304 g/mol. The molecule has 2 heterocycles. The van der Waals surface area contributed by atoms with E-state index in [0.717, 1.165) is 11.3 Å². The minimum Gasteiger partial charge on any atom is -0.480 e. The van der Waals surface area contributed by atoms with Gasteiger partial charge in [0, 0.05) is 11.8 Å². The first-order valence-corrected chi connectivity index (χ1v) is 7.21. The molecule has 6 nitrogen and oxygen atoms in total. The van der Waals surface area contributed by atoms with Crippen molar-refractivity contribution in [2.45, 2.75) is 19.1 Å². The summed E-state index contributed by atoms with van der Waals surface area (Å²) < 4.78 is 5.58. The van der Waals surface area contributed by atoms with Crippen LogP contribution in [0.5, 0.6) is 5.75 Å². The average Bonchev–Trinajstić information content (AvgIpc) is 3.11. The van der Waals surface area contributed by atoms with E-state index in [1.54, 1.807) is 0 Å². The Kier molecular flexibility index (Phi) is 3.57. The fourth-order valence-corrected chi connectivity index (χ4v) is 2.80. The van der Waals surface area contributed by atoms with Crippen LogP contribution in [0.25, 0.3) is 0 Å². The molecule has 2 N–H and O–H groups in total. The van der Waals surface area contributed by atoms with Crippen molar-refractivity contribution in [2.24, 2.45) is 0 Å². The highest BCUT2D eigenvalue weighted by atomic mass is 32.1. The van der Waals surface area contributed by atoms with Gasteiger partial charge in [-0.2, -0.15) is 0 Å². The Labute approximate surface area is 124 Å². The van der Waals surface area contributed by atoms with E-state index in [4.69, 9.17) is 9.84 Å². The summed E-state index contributed by atoms with van der Waals surface area (Å²) in [5, 5.41) is 13.5. The van der Waals surface area contributed by atoms with Gasteiger partial charge in [-0.3, -0.25) is 4.79 Å². The fraction of sp³-hybridized carbons (Fsp3) is 0.214. The van der Waals surface area contributed by atoms with Crippen molar-refractivity contribution in [1.82, 2.24) is 10.3 Å². The van der Waals surface area contributed by atoms with Gasteiger partial charge < -0.3 is 15.2 Å². The molecule has 0 radical (unpaired) electrons. The molecule has 21 heavy (non-hydrogen) atoms. The highest BCUT2D eigenvalue weighted by Crippen LogP contribution is 2.28. The molecule has 1 atom stereocenters. The number of carboxylic acids is 1. The van der Waals surface area contributed by atoms with Crippen molar-refractivity contribution >= 4 is 23.2 Å². The molecule has 1 aromatic heterocycles. The number of hydrogen-bond acceptors (Lipinski definition) is 5. The molecule has 1 aliphatic rings. The van der Waals surface area contributed by atoms with Gasteiger partial charge in [-0.05, 0) is 11.6 Å². The number of nitrogens with one attached hydrogen (secondary N) is 1. The molecule has 3 rings (SSSR count). The Morgan fingerprint density at radius 2 is 2.24 bits per heavy atom. The predicted octanol–water partition coefficient (Wildman–Crippen LogP) is 1.46. The smallest absolute Gasteiger partial charge is 0.355 e. The minimum absolute atomic E-state index is 0.00577. The number of aromatic carboxylic acids is 1. The summed E-state index contributed by atoms with van der Waals surface area (Å²) in [5.41, 5.74) is 1.01. The van der Waals surface area contributed by atoms with Crippen LogP contribution in [0.4, 0.5) is 0 Å². The first-order valence-electron chi connectivity index (χ1n) is 6.33. The van der Waals surface area contributed by atoms with Crippen LogP contribution < -0.4 is 10.1 Å². The third-order valence-corrected chi connectivity index (χ3v) is 3.97. The number of thiazole rings is 1. The second-order valence-corrected chi connectivity index (χ2v) is 5.51. The maximum absolute atomic E-state index is 12.1. The molecular weight excluding hydrogens is 292 g/mol. The van der Waals surface area contributed by atoms with Gasteiger partial charge in [0.15, 0.2) is 11.8 Å². The van der Waals surface area contributed by atoms with Crippen molar-refractivity contribution < 1.29 is 19.4 Å². The molecule has 0 fully saturated rings. The van der Waals surface area contributed by atoms with E-state index in [9.17, 15) is 9.59 Å². The lowest BCUT2D eigenvalue weighted by Crippen LogP contribution is -2.37. The van der Waals surface area contributed by atoms with E-state index >= 15 is 0 Å². The van der Waals surface area contributed by atoms with Gasteiger partial charge >= 0.3 is 5.97 Å². The summed E-state index contributed by atoms with van der Waals surface area (Å²) in [6.07, 6.45) is 0.00146.